The van der Waals surface area contributed by atoms with Gasteiger partial charge in [0.25, 0.3) is 5.91 Å². The molecule has 1 heterocycles. The van der Waals surface area contributed by atoms with Gasteiger partial charge in [-0.25, -0.2) is 9.78 Å². The summed E-state index contributed by atoms with van der Waals surface area (Å²) in [6.45, 7) is 3.87. The van der Waals surface area contributed by atoms with Gasteiger partial charge < -0.3 is 20.2 Å². The Labute approximate surface area is 163 Å². The lowest BCUT2D eigenvalue weighted by Crippen LogP contribution is -2.43. The Hall–Kier alpha value is -2.32. The number of oxazole rings is 1. The largest absolute Gasteiger partial charge is 0.467 e. The summed E-state index contributed by atoms with van der Waals surface area (Å²) in [6.07, 6.45) is 1.25. The van der Waals surface area contributed by atoms with Gasteiger partial charge in [0.1, 0.15) is 12.3 Å². The molecule has 0 bridgehead atoms. The number of carbonyl (C=O) groups is 2. The minimum absolute atomic E-state index is 0.0862. The van der Waals surface area contributed by atoms with Crippen molar-refractivity contribution in [3.05, 3.63) is 53.7 Å². The highest BCUT2D eigenvalue weighted by Crippen LogP contribution is 2.18. The number of carbonyl (C=O) groups excluding carboxylic acids is 2. The van der Waals surface area contributed by atoms with E-state index in [1.807, 2.05) is 44.2 Å². The van der Waals surface area contributed by atoms with Crippen molar-refractivity contribution in [1.29, 1.82) is 0 Å². The fourth-order valence-electron chi connectivity index (χ4n) is 2.24. The van der Waals surface area contributed by atoms with Gasteiger partial charge in [0.05, 0.1) is 13.2 Å². The molecule has 0 fully saturated rings. The first kappa shape index (κ1) is 21.0. The number of rotatable bonds is 9. The van der Waals surface area contributed by atoms with Crippen molar-refractivity contribution < 1.29 is 18.7 Å². The van der Waals surface area contributed by atoms with Gasteiger partial charge in [0, 0.05) is 11.5 Å². The molecule has 7 nitrogen and oxygen atoms in total. The van der Waals surface area contributed by atoms with E-state index in [2.05, 4.69) is 10.3 Å². The molecule has 0 spiro atoms. The third-order valence-corrected chi connectivity index (χ3v) is 5.05. The lowest BCUT2D eigenvalue weighted by Gasteiger charge is -2.15. The zero-order valence-corrected chi connectivity index (χ0v) is 16.5. The molecule has 0 saturated carbocycles. The molecule has 146 valence electrons. The highest BCUT2D eigenvalue weighted by Gasteiger charge is 2.25. The zero-order valence-electron chi connectivity index (χ0n) is 15.7. The van der Waals surface area contributed by atoms with Crippen LogP contribution in [0, 0.1) is 5.92 Å². The molecule has 0 aliphatic heterocycles. The molecule has 1 aromatic heterocycles. The zero-order chi connectivity index (χ0) is 19.8. The molecule has 2 unspecified atom stereocenters. The maximum Gasteiger partial charge on any atom is 0.329 e. The number of aromatic nitrogens is 1. The van der Waals surface area contributed by atoms with Crippen LogP contribution in [0.15, 0.2) is 41.0 Å². The second-order valence-electron chi connectivity index (χ2n) is 6.39. The fourth-order valence-corrected chi connectivity index (χ4v) is 3.24. The van der Waals surface area contributed by atoms with E-state index in [0.717, 1.165) is 11.3 Å². The number of hydrogen-bond donors (Lipinski definition) is 2. The third-order valence-electron chi connectivity index (χ3n) is 3.95. The number of nitrogens with two attached hydrogens (primary N) is 1. The summed E-state index contributed by atoms with van der Waals surface area (Å²) in [5.74, 6) is 0.508. The van der Waals surface area contributed by atoms with E-state index in [0.29, 0.717) is 11.6 Å². The first-order valence-electron chi connectivity index (χ1n) is 8.63. The molecule has 27 heavy (non-hydrogen) atoms. The van der Waals surface area contributed by atoms with Crippen LogP contribution in [-0.2, 0) is 15.3 Å². The van der Waals surface area contributed by atoms with Crippen LogP contribution in [0.25, 0.3) is 0 Å². The fraction of sp³-hybridized carbons (Fsp3) is 0.421. The number of methoxy groups -OCH3 is 1. The predicted molar refractivity (Wildman–Crippen MR) is 104 cm³/mol. The molecule has 3 N–H and O–H groups in total. The Morgan fingerprint density at radius 1 is 1.30 bits per heavy atom. The Morgan fingerprint density at radius 3 is 2.63 bits per heavy atom. The van der Waals surface area contributed by atoms with Crippen molar-refractivity contribution in [3.63, 3.8) is 0 Å². The maximum atomic E-state index is 12.4. The topological polar surface area (TPSA) is 107 Å². The normalized spacial score (nSPS) is 13.2. The molecule has 0 aliphatic carbocycles. The molecule has 2 aromatic rings. The minimum atomic E-state index is -0.782. The summed E-state index contributed by atoms with van der Waals surface area (Å²) in [4.78, 5) is 28.6. The monoisotopic (exact) mass is 391 g/mol. The highest BCUT2D eigenvalue weighted by atomic mass is 32.2. The predicted octanol–water partition coefficient (Wildman–Crippen LogP) is 2.54. The van der Waals surface area contributed by atoms with E-state index in [-0.39, 0.29) is 11.6 Å². The number of benzene rings is 1. The third kappa shape index (κ3) is 6.11. The van der Waals surface area contributed by atoms with Crippen LogP contribution in [-0.4, -0.2) is 35.8 Å². The van der Waals surface area contributed by atoms with Crippen LogP contribution < -0.4 is 11.1 Å². The Bertz CT molecular complexity index is 748. The SMILES string of the molecule is COC(=O)C(CSCc1ccccc1)NC(=O)c1coc(C(N)C(C)C)n1. The van der Waals surface area contributed by atoms with Gasteiger partial charge in [-0.1, -0.05) is 44.2 Å². The maximum absolute atomic E-state index is 12.4. The molecule has 2 atom stereocenters. The average Bonchev–Trinajstić information content (AvgIpc) is 3.16. The van der Waals surface area contributed by atoms with Gasteiger partial charge >= 0.3 is 5.97 Å². The first-order valence-corrected chi connectivity index (χ1v) is 9.79. The summed E-state index contributed by atoms with van der Waals surface area (Å²) < 4.78 is 10.1. The van der Waals surface area contributed by atoms with Gasteiger partial charge in [-0.05, 0) is 11.5 Å². The van der Waals surface area contributed by atoms with E-state index in [1.165, 1.54) is 25.1 Å². The van der Waals surface area contributed by atoms with E-state index in [4.69, 9.17) is 14.9 Å². The van der Waals surface area contributed by atoms with Gasteiger partial charge in [-0.2, -0.15) is 11.8 Å². The minimum Gasteiger partial charge on any atom is -0.467 e. The second kappa shape index (κ2) is 10.1. The van der Waals surface area contributed by atoms with E-state index in [1.54, 1.807) is 0 Å². The molecule has 0 radical (unpaired) electrons. The summed E-state index contributed by atoms with van der Waals surface area (Å²) >= 11 is 1.53. The molecule has 2 rings (SSSR count). The van der Waals surface area contributed by atoms with Crippen molar-refractivity contribution in [2.75, 3.05) is 12.9 Å². The summed E-state index contributed by atoms with van der Waals surface area (Å²) in [6, 6.07) is 8.70. The van der Waals surface area contributed by atoms with Crippen LogP contribution in [0.5, 0.6) is 0 Å². The lowest BCUT2D eigenvalue weighted by molar-refractivity contribution is -0.142. The molecular weight excluding hydrogens is 366 g/mol. The van der Waals surface area contributed by atoms with E-state index >= 15 is 0 Å². The average molecular weight is 391 g/mol. The van der Waals surface area contributed by atoms with Gasteiger partial charge in [-0.15, -0.1) is 0 Å². The number of nitrogens with zero attached hydrogens (tertiary/aromatic N) is 1. The number of esters is 1. The number of ether oxygens (including phenoxy) is 1. The van der Waals surface area contributed by atoms with E-state index < -0.39 is 24.0 Å². The van der Waals surface area contributed by atoms with Crippen LogP contribution >= 0.6 is 11.8 Å². The van der Waals surface area contributed by atoms with Crippen molar-refractivity contribution in [2.24, 2.45) is 11.7 Å². The summed E-state index contributed by atoms with van der Waals surface area (Å²) in [5.41, 5.74) is 7.20. The van der Waals surface area contributed by atoms with E-state index in [9.17, 15) is 9.59 Å². The summed E-state index contributed by atoms with van der Waals surface area (Å²) in [5, 5.41) is 2.65. The molecular formula is C19H25N3O4S. The van der Waals surface area contributed by atoms with Crippen molar-refractivity contribution in [3.8, 4) is 0 Å². The number of nitrogens with one attached hydrogen (secondary N) is 1. The summed E-state index contributed by atoms with van der Waals surface area (Å²) in [7, 11) is 1.29. The Morgan fingerprint density at radius 2 is 2.00 bits per heavy atom. The first-order chi connectivity index (χ1) is 12.9. The van der Waals surface area contributed by atoms with Crippen molar-refractivity contribution >= 4 is 23.6 Å². The van der Waals surface area contributed by atoms with Gasteiger partial charge in [0.2, 0.25) is 5.89 Å². The molecule has 1 aromatic carbocycles. The molecule has 0 aliphatic rings. The number of amides is 1. The second-order valence-corrected chi connectivity index (χ2v) is 7.42. The Kier molecular flexibility index (Phi) is 7.87. The molecule has 8 heteroatoms. The highest BCUT2D eigenvalue weighted by molar-refractivity contribution is 7.98. The van der Waals surface area contributed by atoms with Gasteiger partial charge in [-0.3, -0.25) is 4.79 Å². The van der Waals surface area contributed by atoms with Crippen LogP contribution in [0.3, 0.4) is 0 Å². The quantitative estimate of drug-likeness (QED) is 0.632. The van der Waals surface area contributed by atoms with Crippen LogP contribution in [0.4, 0.5) is 0 Å². The Balaban J connectivity index is 1.96. The van der Waals surface area contributed by atoms with Crippen LogP contribution in [0.2, 0.25) is 0 Å². The molecule has 1 amide bonds. The van der Waals surface area contributed by atoms with Gasteiger partial charge in [0.15, 0.2) is 5.69 Å². The van der Waals surface area contributed by atoms with Crippen molar-refractivity contribution in [2.45, 2.75) is 31.7 Å². The lowest BCUT2D eigenvalue weighted by atomic mass is 10.1. The van der Waals surface area contributed by atoms with Crippen molar-refractivity contribution in [1.82, 2.24) is 10.3 Å². The number of hydrogen-bond acceptors (Lipinski definition) is 7. The number of thioether (sulfide) groups is 1. The smallest absolute Gasteiger partial charge is 0.329 e. The van der Waals surface area contributed by atoms with Crippen LogP contribution in [0.1, 0.15) is 41.8 Å². The molecule has 0 saturated heterocycles. The standard InChI is InChI=1S/C19H25N3O4S/c1-12(2)16(20)18-22-14(9-26-18)17(23)21-15(19(24)25-3)11-27-10-13-7-5-4-6-8-13/h4-9,12,15-16H,10-11,20H2,1-3H3,(H,21,23).